The van der Waals surface area contributed by atoms with Gasteiger partial charge in [0.25, 0.3) is 0 Å². The van der Waals surface area contributed by atoms with Gasteiger partial charge in [-0.05, 0) is 6.92 Å². The largest absolute Gasteiger partial charge is 0.483 e. The van der Waals surface area contributed by atoms with Gasteiger partial charge in [-0.25, -0.2) is 9.13 Å². The molecule has 11 nitrogen and oxygen atoms in total. The zero-order valence-electron chi connectivity index (χ0n) is 9.56. The summed E-state index contributed by atoms with van der Waals surface area (Å²) in [5.41, 5.74) is 0. The van der Waals surface area contributed by atoms with E-state index in [1.165, 1.54) is 0 Å². The first-order valence-corrected chi connectivity index (χ1v) is 7.87. The molecule has 13 heteroatoms. The van der Waals surface area contributed by atoms with Gasteiger partial charge in [-0.3, -0.25) is 4.52 Å². The molecule has 0 spiro atoms. The number of ether oxygens (including phenoxy) is 1. The van der Waals surface area contributed by atoms with E-state index in [2.05, 4.69) is 8.83 Å². The van der Waals surface area contributed by atoms with E-state index in [-0.39, 0.29) is 0 Å². The average Bonchev–Trinajstić information content (AvgIpc) is 2.17. The van der Waals surface area contributed by atoms with Gasteiger partial charge in [0.05, 0.1) is 6.61 Å². The molecule has 1 rings (SSSR count). The minimum absolute atomic E-state index is 0.537. The van der Waals surface area contributed by atoms with Crippen LogP contribution in [0.15, 0.2) is 0 Å². The first kappa shape index (κ1) is 17.2. The minimum Gasteiger partial charge on any atom is -0.388 e. The maximum absolute atomic E-state index is 11.3. The fourth-order valence-corrected chi connectivity index (χ4v) is 3.24. The van der Waals surface area contributed by atoms with Crippen molar-refractivity contribution in [2.75, 3.05) is 6.61 Å². The Bertz CT molecular complexity index is 419. The quantitative estimate of drug-likeness (QED) is 0.316. The van der Waals surface area contributed by atoms with Crippen molar-refractivity contribution < 1.29 is 52.7 Å². The maximum Gasteiger partial charge on any atom is 0.483 e. The van der Waals surface area contributed by atoms with E-state index in [1.807, 2.05) is 0 Å². The van der Waals surface area contributed by atoms with Crippen LogP contribution >= 0.6 is 15.6 Å². The van der Waals surface area contributed by atoms with Crippen molar-refractivity contribution in [1.29, 1.82) is 0 Å². The third-order valence-electron chi connectivity index (χ3n) is 2.30. The van der Waals surface area contributed by atoms with Gasteiger partial charge in [0, 0.05) is 0 Å². The van der Waals surface area contributed by atoms with Gasteiger partial charge in [0.15, 0.2) is 0 Å². The lowest BCUT2D eigenvalue weighted by atomic mass is 9.98. The molecule has 0 aliphatic carbocycles. The average molecular weight is 324 g/mol. The summed E-state index contributed by atoms with van der Waals surface area (Å²) in [6.45, 7) is 0.392. The Labute approximate surface area is 107 Å². The number of aliphatic hydroxyl groups is 3. The van der Waals surface area contributed by atoms with E-state index < -0.39 is 46.4 Å². The molecule has 0 bridgehead atoms. The molecule has 0 aromatic rings. The second-order valence-electron chi connectivity index (χ2n) is 3.96. The minimum atomic E-state index is -5.32. The highest BCUT2D eigenvalue weighted by Gasteiger charge is 2.52. The Hall–Kier alpha value is 0.100. The number of phosphoric acid groups is 2. The molecule has 0 saturated carbocycles. The molecule has 1 aliphatic heterocycles. The van der Waals surface area contributed by atoms with Crippen LogP contribution in [0.2, 0.25) is 0 Å². The lowest BCUT2D eigenvalue weighted by Crippen LogP contribution is -2.60. The Kier molecular flexibility index (Phi) is 4.94. The van der Waals surface area contributed by atoms with Gasteiger partial charge in [-0.15, -0.1) is 0 Å². The third kappa shape index (κ3) is 4.55. The van der Waals surface area contributed by atoms with Crippen molar-refractivity contribution in [3.05, 3.63) is 0 Å². The molecule has 19 heavy (non-hydrogen) atoms. The number of rotatable bonds is 4. The monoisotopic (exact) mass is 324 g/mol. The molecule has 1 heterocycles. The Morgan fingerprint density at radius 1 is 1.21 bits per heavy atom. The van der Waals surface area contributed by atoms with Gasteiger partial charge in [-0.1, -0.05) is 0 Å². The fourth-order valence-electron chi connectivity index (χ4n) is 1.42. The molecular formula is C6H14O11P2. The lowest BCUT2D eigenvalue weighted by molar-refractivity contribution is -0.303. The van der Waals surface area contributed by atoms with Gasteiger partial charge in [0.1, 0.15) is 18.3 Å². The van der Waals surface area contributed by atoms with Crippen molar-refractivity contribution in [3.63, 3.8) is 0 Å². The zero-order valence-corrected chi connectivity index (χ0v) is 11.3. The van der Waals surface area contributed by atoms with Crippen LogP contribution in [0.4, 0.5) is 0 Å². The first-order chi connectivity index (χ1) is 8.36. The van der Waals surface area contributed by atoms with Gasteiger partial charge >= 0.3 is 15.6 Å². The van der Waals surface area contributed by atoms with E-state index >= 15 is 0 Å². The van der Waals surface area contributed by atoms with Gasteiger partial charge in [0.2, 0.25) is 5.79 Å². The summed E-state index contributed by atoms with van der Waals surface area (Å²) in [4.78, 5) is 25.9. The Balaban J connectivity index is 2.85. The van der Waals surface area contributed by atoms with E-state index in [4.69, 9.17) is 19.4 Å². The predicted octanol–water partition coefficient (Wildman–Crippen LogP) is -1.96. The summed E-state index contributed by atoms with van der Waals surface area (Å²) in [6, 6.07) is 0. The first-order valence-electron chi connectivity index (χ1n) is 4.85. The van der Waals surface area contributed by atoms with Crippen LogP contribution in [0.1, 0.15) is 6.92 Å². The molecule has 1 fully saturated rings. The predicted molar refractivity (Wildman–Crippen MR) is 56.4 cm³/mol. The van der Waals surface area contributed by atoms with Crippen LogP contribution < -0.4 is 0 Å². The van der Waals surface area contributed by atoms with Crippen LogP contribution in [-0.4, -0.2) is 60.7 Å². The second kappa shape index (κ2) is 5.47. The summed E-state index contributed by atoms with van der Waals surface area (Å²) < 4.78 is 34.4. The van der Waals surface area contributed by atoms with Crippen LogP contribution in [0.3, 0.4) is 0 Å². The SMILES string of the molecule is C[C@]1(OP(=O)(O)OP(=O)(O)O)OC[C@H](O)[C@@H](O)[C@@H]1O. The molecule has 0 aromatic heterocycles. The fraction of sp³-hybridized carbons (Fsp3) is 1.00. The van der Waals surface area contributed by atoms with Crippen LogP contribution in [0, 0.1) is 0 Å². The van der Waals surface area contributed by atoms with Crippen molar-refractivity contribution in [2.24, 2.45) is 0 Å². The van der Waals surface area contributed by atoms with E-state index in [0.29, 0.717) is 0 Å². The van der Waals surface area contributed by atoms with Gasteiger partial charge in [-0.2, -0.15) is 4.31 Å². The van der Waals surface area contributed by atoms with Crippen LogP contribution in [0.5, 0.6) is 0 Å². The summed E-state index contributed by atoms with van der Waals surface area (Å²) in [6.07, 6.45) is -5.14. The Morgan fingerprint density at radius 2 is 1.74 bits per heavy atom. The number of phosphoric ester groups is 1. The summed E-state index contributed by atoms with van der Waals surface area (Å²) in [5, 5.41) is 28.2. The standard InChI is InChI=1S/C6H14O11P2/c1-6(5(9)4(8)3(7)2-15-6)16-19(13,14)17-18(10,11)12/h3-5,7-9H,2H2,1H3,(H,13,14)(H2,10,11,12)/t3-,4+,5-,6+/m0/s1. The van der Waals surface area contributed by atoms with Crippen molar-refractivity contribution >= 4 is 15.6 Å². The van der Waals surface area contributed by atoms with Crippen molar-refractivity contribution in [1.82, 2.24) is 0 Å². The topological polar surface area (TPSA) is 183 Å². The highest BCUT2D eigenvalue weighted by atomic mass is 31.3. The van der Waals surface area contributed by atoms with Crippen LogP contribution in [-0.2, 0) is 22.7 Å². The molecule has 114 valence electrons. The van der Waals surface area contributed by atoms with Crippen molar-refractivity contribution in [3.8, 4) is 0 Å². The second-order valence-corrected chi connectivity index (χ2v) is 6.72. The number of hydrogen-bond acceptors (Lipinski definition) is 8. The normalized spacial score (nSPS) is 39.8. The lowest BCUT2D eigenvalue weighted by Gasteiger charge is -2.42. The smallest absolute Gasteiger partial charge is 0.388 e. The molecule has 1 unspecified atom stereocenters. The molecule has 0 radical (unpaired) electrons. The molecule has 1 saturated heterocycles. The number of hydrogen-bond donors (Lipinski definition) is 6. The molecule has 5 atom stereocenters. The molecular weight excluding hydrogens is 310 g/mol. The third-order valence-corrected chi connectivity index (χ3v) is 4.57. The van der Waals surface area contributed by atoms with E-state index in [0.717, 1.165) is 6.92 Å². The maximum atomic E-state index is 11.3. The van der Waals surface area contributed by atoms with Gasteiger partial charge < -0.3 is 34.7 Å². The number of aliphatic hydroxyl groups excluding tert-OH is 3. The summed E-state index contributed by atoms with van der Waals surface area (Å²) >= 11 is 0. The molecule has 6 N–H and O–H groups in total. The van der Waals surface area contributed by atoms with Crippen molar-refractivity contribution in [2.45, 2.75) is 31.0 Å². The van der Waals surface area contributed by atoms with Crippen LogP contribution in [0.25, 0.3) is 0 Å². The highest BCUT2D eigenvalue weighted by Crippen LogP contribution is 2.60. The molecule has 0 amide bonds. The zero-order chi connectivity index (χ0) is 15.1. The van der Waals surface area contributed by atoms with E-state index in [9.17, 15) is 24.4 Å². The summed E-state index contributed by atoms with van der Waals surface area (Å²) in [7, 11) is -10.6. The summed E-state index contributed by atoms with van der Waals surface area (Å²) in [5.74, 6) is -2.29. The molecule has 1 aliphatic rings. The Morgan fingerprint density at radius 3 is 2.21 bits per heavy atom. The van der Waals surface area contributed by atoms with E-state index in [1.54, 1.807) is 0 Å². The highest BCUT2D eigenvalue weighted by molar-refractivity contribution is 7.60. The molecule has 0 aromatic carbocycles.